The van der Waals surface area contributed by atoms with Gasteiger partial charge in [-0.25, -0.2) is 0 Å². The molecule has 0 N–H and O–H groups in total. The van der Waals surface area contributed by atoms with Crippen LogP contribution in [0.25, 0.3) is 11.3 Å². The summed E-state index contributed by atoms with van der Waals surface area (Å²) in [5.41, 5.74) is 5.78. The van der Waals surface area contributed by atoms with Crippen LogP contribution in [-0.4, -0.2) is 28.0 Å². The predicted octanol–water partition coefficient (Wildman–Crippen LogP) is 5.49. The maximum Gasteiger partial charge on any atom is 0.0735 e. The topological polar surface area (TPSA) is 29.0 Å². The fraction of sp³-hybridized carbons (Fsp3) is 0.304. The van der Waals surface area contributed by atoms with E-state index in [4.69, 9.17) is 16.6 Å². The molecular weight excluding hydrogens is 354 g/mol. The number of hydrogen-bond acceptors (Lipinski definition) is 3. The molecule has 27 heavy (non-hydrogen) atoms. The van der Waals surface area contributed by atoms with Crippen LogP contribution >= 0.6 is 11.6 Å². The van der Waals surface area contributed by atoms with E-state index in [0.29, 0.717) is 6.04 Å². The van der Waals surface area contributed by atoms with Crippen LogP contribution in [-0.2, 0) is 6.42 Å². The molecule has 1 fully saturated rings. The summed E-state index contributed by atoms with van der Waals surface area (Å²) in [5.74, 6) is 0. The van der Waals surface area contributed by atoms with E-state index in [-0.39, 0.29) is 0 Å². The van der Waals surface area contributed by atoms with Crippen LogP contribution in [0.5, 0.6) is 0 Å². The number of rotatable bonds is 5. The second-order valence-electron chi connectivity index (χ2n) is 7.28. The summed E-state index contributed by atoms with van der Waals surface area (Å²) >= 11 is 6.31. The van der Waals surface area contributed by atoms with Crippen LogP contribution in [0.1, 0.15) is 35.6 Å². The highest BCUT2D eigenvalue weighted by Gasteiger charge is 2.25. The minimum atomic E-state index is 0.324. The molecule has 1 aliphatic heterocycles. The summed E-state index contributed by atoms with van der Waals surface area (Å²) in [4.78, 5) is 11.7. The fourth-order valence-corrected chi connectivity index (χ4v) is 4.32. The zero-order valence-corrected chi connectivity index (χ0v) is 16.4. The number of benzene rings is 1. The Hall–Kier alpha value is -2.23. The highest BCUT2D eigenvalue weighted by Crippen LogP contribution is 2.32. The molecule has 0 amide bonds. The molecule has 4 rings (SSSR count). The lowest BCUT2D eigenvalue weighted by Gasteiger charge is -2.28. The number of nitrogens with zero attached hydrogens (tertiary/aromatic N) is 3. The maximum absolute atomic E-state index is 6.31. The Morgan fingerprint density at radius 3 is 2.63 bits per heavy atom. The molecule has 1 saturated heterocycles. The molecule has 0 spiro atoms. The van der Waals surface area contributed by atoms with Crippen molar-refractivity contribution in [1.82, 2.24) is 14.9 Å². The van der Waals surface area contributed by atoms with Crippen molar-refractivity contribution in [3.05, 3.63) is 82.8 Å². The molecule has 0 radical (unpaired) electrons. The van der Waals surface area contributed by atoms with Crippen LogP contribution in [0.3, 0.4) is 0 Å². The lowest BCUT2D eigenvalue weighted by atomic mass is 9.95. The van der Waals surface area contributed by atoms with Gasteiger partial charge >= 0.3 is 0 Å². The summed E-state index contributed by atoms with van der Waals surface area (Å²) in [5, 5.41) is 0.755. The predicted molar refractivity (Wildman–Crippen MR) is 111 cm³/mol. The second kappa shape index (κ2) is 8.20. The Bertz CT molecular complexity index is 884. The van der Waals surface area contributed by atoms with Crippen molar-refractivity contribution in [3.8, 4) is 11.3 Å². The van der Waals surface area contributed by atoms with Crippen LogP contribution in [0.15, 0.2) is 61.1 Å². The highest BCUT2D eigenvalue weighted by atomic mass is 35.5. The quantitative estimate of drug-likeness (QED) is 0.589. The first kappa shape index (κ1) is 18.1. The second-order valence-corrected chi connectivity index (χ2v) is 7.71. The first-order valence-corrected chi connectivity index (χ1v) is 9.94. The van der Waals surface area contributed by atoms with Crippen molar-refractivity contribution in [2.45, 2.75) is 32.2 Å². The molecular formula is C23H24ClN3. The monoisotopic (exact) mass is 377 g/mol. The smallest absolute Gasteiger partial charge is 0.0735 e. The van der Waals surface area contributed by atoms with Gasteiger partial charge in [-0.3, -0.25) is 14.9 Å². The number of halogens is 1. The molecule has 2 aromatic heterocycles. The SMILES string of the molecule is Cc1cc(Cl)cc(-c2ncccc2CC(c2cccnc2)N2CCCC2)c1. The first-order chi connectivity index (χ1) is 13.2. The number of likely N-dealkylation sites (tertiary alicyclic amines) is 1. The molecule has 1 aromatic carbocycles. The standard InChI is InChI=1S/C23H24ClN3/c1-17-12-20(14-21(24)13-17)23-18(6-5-9-26-23)15-22(27-10-2-3-11-27)19-7-4-8-25-16-19/h4-9,12-14,16,22H,2-3,10-11,15H2,1H3. The van der Waals surface area contributed by atoms with Gasteiger partial charge in [0.1, 0.15) is 0 Å². The molecule has 3 heterocycles. The Morgan fingerprint density at radius 1 is 1.07 bits per heavy atom. The van der Waals surface area contributed by atoms with Gasteiger partial charge in [-0.15, -0.1) is 0 Å². The largest absolute Gasteiger partial charge is 0.296 e. The molecule has 3 nitrogen and oxygen atoms in total. The zero-order valence-electron chi connectivity index (χ0n) is 15.6. The molecule has 1 atom stereocenters. The van der Waals surface area contributed by atoms with Crippen molar-refractivity contribution in [2.75, 3.05) is 13.1 Å². The fourth-order valence-electron chi connectivity index (χ4n) is 4.03. The van der Waals surface area contributed by atoms with E-state index in [1.54, 1.807) is 0 Å². The van der Waals surface area contributed by atoms with Crippen LogP contribution in [0, 0.1) is 6.92 Å². The molecule has 0 bridgehead atoms. The lowest BCUT2D eigenvalue weighted by molar-refractivity contribution is 0.243. The summed E-state index contributed by atoms with van der Waals surface area (Å²) in [6.45, 7) is 4.36. The normalized spacial score (nSPS) is 15.8. The van der Waals surface area contributed by atoms with E-state index in [1.165, 1.54) is 24.0 Å². The third-order valence-electron chi connectivity index (χ3n) is 5.27. The van der Waals surface area contributed by atoms with Gasteiger partial charge in [0, 0.05) is 35.2 Å². The van der Waals surface area contributed by atoms with Crippen LogP contribution in [0.2, 0.25) is 5.02 Å². The van der Waals surface area contributed by atoms with Gasteiger partial charge in [0.05, 0.1) is 5.69 Å². The van der Waals surface area contributed by atoms with E-state index >= 15 is 0 Å². The summed E-state index contributed by atoms with van der Waals surface area (Å²) in [7, 11) is 0. The number of aryl methyl sites for hydroxylation is 1. The van der Waals surface area contributed by atoms with Gasteiger partial charge in [0.25, 0.3) is 0 Å². The average Bonchev–Trinajstić information content (AvgIpc) is 3.21. The molecule has 3 aromatic rings. The molecule has 1 unspecified atom stereocenters. The Kier molecular flexibility index (Phi) is 5.51. The van der Waals surface area contributed by atoms with Crippen molar-refractivity contribution < 1.29 is 0 Å². The van der Waals surface area contributed by atoms with Crippen molar-refractivity contribution in [3.63, 3.8) is 0 Å². The number of aromatic nitrogens is 2. The third-order valence-corrected chi connectivity index (χ3v) is 5.49. The molecule has 4 heteroatoms. The van der Waals surface area contributed by atoms with Gasteiger partial charge < -0.3 is 0 Å². The lowest BCUT2D eigenvalue weighted by Crippen LogP contribution is -2.27. The van der Waals surface area contributed by atoms with Crippen LogP contribution in [0.4, 0.5) is 0 Å². The van der Waals surface area contributed by atoms with E-state index in [1.807, 2.05) is 42.9 Å². The van der Waals surface area contributed by atoms with Crippen LogP contribution < -0.4 is 0 Å². The van der Waals surface area contributed by atoms with Gasteiger partial charge in [0.15, 0.2) is 0 Å². The van der Waals surface area contributed by atoms with E-state index < -0.39 is 0 Å². The Balaban J connectivity index is 1.72. The maximum atomic E-state index is 6.31. The molecule has 138 valence electrons. The van der Waals surface area contributed by atoms with E-state index in [9.17, 15) is 0 Å². The average molecular weight is 378 g/mol. The van der Waals surface area contributed by atoms with E-state index in [2.05, 4.69) is 35.0 Å². The summed E-state index contributed by atoms with van der Waals surface area (Å²) < 4.78 is 0. The first-order valence-electron chi connectivity index (χ1n) is 9.56. The van der Waals surface area contributed by atoms with Gasteiger partial charge in [0.2, 0.25) is 0 Å². The van der Waals surface area contributed by atoms with Gasteiger partial charge in [-0.2, -0.15) is 0 Å². The Labute approximate surface area is 166 Å². The zero-order chi connectivity index (χ0) is 18.6. The minimum Gasteiger partial charge on any atom is -0.296 e. The van der Waals surface area contributed by atoms with Crippen molar-refractivity contribution in [2.24, 2.45) is 0 Å². The number of hydrogen-bond donors (Lipinski definition) is 0. The minimum absolute atomic E-state index is 0.324. The van der Waals surface area contributed by atoms with Gasteiger partial charge in [-0.05, 0) is 86.3 Å². The highest BCUT2D eigenvalue weighted by molar-refractivity contribution is 6.30. The summed E-state index contributed by atoms with van der Waals surface area (Å²) in [6.07, 6.45) is 9.16. The number of pyridine rings is 2. The van der Waals surface area contributed by atoms with Crippen molar-refractivity contribution in [1.29, 1.82) is 0 Å². The molecule has 0 aliphatic carbocycles. The molecule has 1 aliphatic rings. The van der Waals surface area contributed by atoms with E-state index in [0.717, 1.165) is 41.4 Å². The molecule has 0 saturated carbocycles. The third kappa shape index (κ3) is 4.20. The summed E-state index contributed by atoms with van der Waals surface area (Å²) in [6, 6.07) is 14.9. The Morgan fingerprint density at radius 2 is 1.89 bits per heavy atom. The van der Waals surface area contributed by atoms with Crippen molar-refractivity contribution >= 4 is 11.6 Å². The van der Waals surface area contributed by atoms with Gasteiger partial charge in [-0.1, -0.05) is 23.7 Å².